The van der Waals surface area contributed by atoms with Gasteiger partial charge in [0.25, 0.3) is 5.91 Å². The quantitative estimate of drug-likeness (QED) is 0.742. The van der Waals surface area contributed by atoms with Gasteiger partial charge in [0.05, 0.1) is 6.04 Å². The molecule has 1 aromatic rings. The molecule has 0 spiro atoms. The fourth-order valence-corrected chi connectivity index (χ4v) is 4.11. The molecule has 1 aromatic carbocycles. The van der Waals surface area contributed by atoms with E-state index in [-0.39, 0.29) is 29.9 Å². The predicted molar refractivity (Wildman–Crippen MR) is 119 cm³/mol. The van der Waals surface area contributed by atoms with Crippen molar-refractivity contribution in [2.45, 2.75) is 96.5 Å². The molecule has 0 bridgehead atoms. The van der Waals surface area contributed by atoms with Crippen LogP contribution in [-0.4, -0.2) is 46.0 Å². The number of likely N-dealkylation sites (tertiary alicyclic amines) is 1. The topological polar surface area (TPSA) is 87.7 Å². The van der Waals surface area contributed by atoms with E-state index in [1.165, 1.54) is 0 Å². The summed E-state index contributed by atoms with van der Waals surface area (Å²) in [4.78, 5) is 39.7. The lowest BCUT2D eigenvalue weighted by atomic mass is 10.0. The second-order valence-electron chi connectivity index (χ2n) is 10.0. The maximum absolute atomic E-state index is 12.9. The molecule has 3 rings (SSSR count). The molecule has 3 amide bonds. The van der Waals surface area contributed by atoms with E-state index in [1.807, 2.05) is 36.1 Å². The van der Waals surface area contributed by atoms with Crippen molar-refractivity contribution in [1.82, 2.24) is 15.5 Å². The normalized spacial score (nSPS) is 23.1. The van der Waals surface area contributed by atoms with Gasteiger partial charge in [0.15, 0.2) is 0 Å². The Balaban J connectivity index is 1.59. The molecule has 0 unspecified atom stereocenters. The molecule has 7 nitrogen and oxygen atoms in total. The van der Waals surface area contributed by atoms with Gasteiger partial charge in [-0.15, -0.1) is 0 Å². The average Bonchev–Trinajstić information content (AvgIpc) is 3.37. The summed E-state index contributed by atoms with van der Waals surface area (Å²) in [5.41, 5.74) is 0.0519. The number of hydrogen-bond acceptors (Lipinski definition) is 4. The van der Waals surface area contributed by atoms with Crippen LogP contribution in [0.2, 0.25) is 0 Å². The van der Waals surface area contributed by atoms with Crippen LogP contribution in [0.15, 0.2) is 24.3 Å². The molecule has 2 fully saturated rings. The summed E-state index contributed by atoms with van der Waals surface area (Å²) >= 11 is 0. The lowest BCUT2D eigenvalue weighted by molar-refractivity contribution is -0.124. The lowest BCUT2D eigenvalue weighted by Gasteiger charge is -2.26. The monoisotopic (exact) mass is 429 g/mol. The molecule has 3 atom stereocenters. The van der Waals surface area contributed by atoms with Gasteiger partial charge in [-0.1, -0.05) is 12.1 Å². The van der Waals surface area contributed by atoms with Gasteiger partial charge < -0.3 is 20.3 Å². The number of carbonyl (C=O) groups is 3. The summed E-state index contributed by atoms with van der Waals surface area (Å²) in [6.45, 7) is 11.4. The first-order valence-corrected chi connectivity index (χ1v) is 11.2. The molecule has 1 saturated carbocycles. The summed E-state index contributed by atoms with van der Waals surface area (Å²) in [6, 6.07) is 7.67. The summed E-state index contributed by atoms with van der Waals surface area (Å²) in [5, 5.41) is 5.70. The number of hydrogen-bond donors (Lipinski definition) is 2. The van der Waals surface area contributed by atoms with Crippen LogP contribution in [-0.2, 0) is 9.53 Å². The highest BCUT2D eigenvalue weighted by atomic mass is 16.6. The van der Waals surface area contributed by atoms with Crippen LogP contribution in [0.1, 0.15) is 89.2 Å². The summed E-state index contributed by atoms with van der Waals surface area (Å²) in [6.07, 6.45) is 2.66. The standard InChI is InChI=1S/C24H35N3O4/c1-15-7-8-16(2)27(15)20(28)19-11-9-18(10-12-19)17(3)25-21(29)24(13-14-24)26-22(30)31-23(4,5)6/h9-12,15-17H,7-8,13-14H2,1-6H3,(H,25,29)(H,26,30)/t15-,16+,17-/m1/s1. The van der Waals surface area contributed by atoms with Crippen molar-refractivity contribution in [3.63, 3.8) is 0 Å². The van der Waals surface area contributed by atoms with E-state index in [4.69, 9.17) is 4.74 Å². The molecule has 31 heavy (non-hydrogen) atoms. The van der Waals surface area contributed by atoms with Crippen molar-refractivity contribution in [2.24, 2.45) is 0 Å². The van der Waals surface area contributed by atoms with Crippen LogP contribution in [0.25, 0.3) is 0 Å². The summed E-state index contributed by atoms with van der Waals surface area (Å²) in [5.74, 6) is -0.162. The molecular formula is C24H35N3O4. The van der Waals surface area contributed by atoms with Crippen molar-refractivity contribution >= 4 is 17.9 Å². The Bertz CT molecular complexity index is 829. The van der Waals surface area contributed by atoms with Crippen molar-refractivity contribution < 1.29 is 19.1 Å². The Morgan fingerprint density at radius 1 is 1.06 bits per heavy atom. The van der Waals surface area contributed by atoms with E-state index in [1.54, 1.807) is 20.8 Å². The van der Waals surface area contributed by atoms with E-state index in [0.717, 1.165) is 18.4 Å². The average molecular weight is 430 g/mol. The highest BCUT2D eigenvalue weighted by molar-refractivity contribution is 5.95. The molecule has 0 radical (unpaired) electrons. The third-order valence-electron chi connectivity index (χ3n) is 6.12. The third kappa shape index (κ3) is 5.38. The highest BCUT2D eigenvalue weighted by Crippen LogP contribution is 2.36. The largest absolute Gasteiger partial charge is 0.444 e. The molecule has 1 saturated heterocycles. The molecule has 1 aliphatic carbocycles. The molecular weight excluding hydrogens is 394 g/mol. The zero-order valence-electron chi connectivity index (χ0n) is 19.5. The zero-order chi connectivity index (χ0) is 23.0. The van der Waals surface area contributed by atoms with E-state index in [2.05, 4.69) is 24.5 Å². The molecule has 2 aliphatic rings. The van der Waals surface area contributed by atoms with Crippen LogP contribution in [0, 0.1) is 0 Å². The third-order valence-corrected chi connectivity index (χ3v) is 6.12. The number of nitrogens with zero attached hydrogens (tertiary/aromatic N) is 1. The first-order chi connectivity index (χ1) is 14.4. The van der Waals surface area contributed by atoms with Gasteiger partial charge in [-0.2, -0.15) is 0 Å². The Hall–Kier alpha value is -2.57. The molecule has 7 heteroatoms. The van der Waals surface area contributed by atoms with Crippen molar-refractivity contribution in [3.8, 4) is 0 Å². The van der Waals surface area contributed by atoms with Crippen molar-refractivity contribution in [3.05, 3.63) is 35.4 Å². The lowest BCUT2D eigenvalue weighted by Crippen LogP contribution is -2.50. The smallest absolute Gasteiger partial charge is 0.408 e. The van der Waals surface area contributed by atoms with E-state index >= 15 is 0 Å². The number of amides is 3. The SMILES string of the molecule is C[C@@H]1CC[C@H](C)N1C(=O)c1ccc([C@@H](C)NC(=O)C2(NC(=O)OC(C)(C)C)CC2)cc1. The second-order valence-corrected chi connectivity index (χ2v) is 10.0. The second kappa shape index (κ2) is 8.52. The minimum Gasteiger partial charge on any atom is -0.444 e. The van der Waals surface area contributed by atoms with Crippen LogP contribution >= 0.6 is 0 Å². The zero-order valence-corrected chi connectivity index (χ0v) is 19.5. The van der Waals surface area contributed by atoms with Gasteiger partial charge in [0, 0.05) is 17.6 Å². The van der Waals surface area contributed by atoms with Gasteiger partial charge >= 0.3 is 6.09 Å². The molecule has 1 aliphatic heterocycles. The van der Waals surface area contributed by atoms with Crippen LogP contribution in [0.3, 0.4) is 0 Å². The number of carbonyl (C=O) groups excluding carboxylic acids is 3. The van der Waals surface area contributed by atoms with Crippen LogP contribution in [0.4, 0.5) is 4.79 Å². The summed E-state index contributed by atoms with van der Waals surface area (Å²) in [7, 11) is 0. The van der Waals surface area contributed by atoms with E-state index < -0.39 is 17.2 Å². The number of nitrogens with one attached hydrogen (secondary N) is 2. The first-order valence-electron chi connectivity index (χ1n) is 11.2. The Morgan fingerprint density at radius 3 is 2.10 bits per heavy atom. The number of rotatable bonds is 5. The number of benzene rings is 1. The van der Waals surface area contributed by atoms with Crippen molar-refractivity contribution in [1.29, 1.82) is 0 Å². The summed E-state index contributed by atoms with van der Waals surface area (Å²) < 4.78 is 5.28. The van der Waals surface area contributed by atoms with Crippen LogP contribution in [0.5, 0.6) is 0 Å². The Labute approximate surface area is 184 Å². The van der Waals surface area contributed by atoms with E-state index in [9.17, 15) is 14.4 Å². The van der Waals surface area contributed by atoms with Crippen molar-refractivity contribution in [2.75, 3.05) is 0 Å². The molecule has 1 heterocycles. The highest BCUT2D eigenvalue weighted by Gasteiger charge is 2.52. The van der Waals surface area contributed by atoms with Gasteiger partial charge in [0.1, 0.15) is 11.1 Å². The van der Waals surface area contributed by atoms with Gasteiger partial charge in [-0.3, -0.25) is 9.59 Å². The minimum absolute atomic E-state index is 0.0548. The van der Waals surface area contributed by atoms with Gasteiger partial charge in [0.2, 0.25) is 5.91 Å². The fourth-order valence-electron chi connectivity index (χ4n) is 4.11. The van der Waals surface area contributed by atoms with Crippen LogP contribution < -0.4 is 10.6 Å². The molecule has 170 valence electrons. The molecule has 2 N–H and O–H groups in total. The van der Waals surface area contributed by atoms with Gasteiger partial charge in [-0.05, 0) is 84.9 Å². The van der Waals surface area contributed by atoms with Gasteiger partial charge in [-0.25, -0.2) is 4.79 Å². The predicted octanol–water partition coefficient (Wildman–Crippen LogP) is 3.93. The minimum atomic E-state index is -0.894. The number of alkyl carbamates (subject to hydrolysis) is 1. The fraction of sp³-hybridized carbons (Fsp3) is 0.625. The maximum Gasteiger partial charge on any atom is 0.408 e. The van der Waals surface area contributed by atoms with E-state index in [0.29, 0.717) is 18.4 Å². The molecule has 0 aromatic heterocycles. The number of ether oxygens (including phenoxy) is 1. The first kappa shape index (κ1) is 23.1. The maximum atomic E-state index is 12.9. The Morgan fingerprint density at radius 2 is 1.61 bits per heavy atom. The Kier molecular flexibility index (Phi) is 6.35.